The zero-order valence-corrected chi connectivity index (χ0v) is 20.1. The van der Waals surface area contributed by atoms with Gasteiger partial charge in [0.15, 0.2) is 5.58 Å². The van der Waals surface area contributed by atoms with Gasteiger partial charge in [0.1, 0.15) is 11.3 Å². The van der Waals surface area contributed by atoms with E-state index in [2.05, 4.69) is 10.3 Å². The average Bonchev–Trinajstić information content (AvgIpc) is 3.36. The Morgan fingerprint density at radius 2 is 1.78 bits per heavy atom. The van der Waals surface area contributed by atoms with Gasteiger partial charge in [0.05, 0.1) is 0 Å². The molecule has 1 aliphatic rings. The minimum Gasteiger partial charge on any atom is -0.436 e. The number of hydrogen-bond acceptors (Lipinski definition) is 4. The molecule has 5 rings (SSSR count). The topological polar surface area (TPSA) is 75.4 Å². The maximum Gasteiger partial charge on any atom is 0.253 e. The van der Waals surface area contributed by atoms with Gasteiger partial charge in [-0.05, 0) is 55.2 Å². The van der Waals surface area contributed by atoms with E-state index in [0.717, 1.165) is 18.4 Å². The summed E-state index contributed by atoms with van der Waals surface area (Å²) < 4.78 is 19.7. The number of rotatable bonds is 6. The van der Waals surface area contributed by atoms with Crippen LogP contribution in [0.3, 0.4) is 0 Å². The number of hydrogen-bond donors (Lipinski definition) is 1. The summed E-state index contributed by atoms with van der Waals surface area (Å²) in [5.41, 5.74) is 3.20. The molecule has 4 aromatic rings. The van der Waals surface area contributed by atoms with E-state index in [1.807, 2.05) is 48.2 Å². The van der Waals surface area contributed by atoms with Crippen LogP contribution in [0.1, 0.15) is 35.7 Å². The number of nitrogens with one attached hydrogen (secondary N) is 1. The number of nitrogens with zero attached hydrogens (tertiary/aromatic N) is 2. The molecule has 1 aromatic heterocycles. The van der Waals surface area contributed by atoms with Crippen molar-refractivity contribution in [1.82, 2.24) is 15.2 Å². The summed E-state index contributed by atoms with van der Waals surface area (Å²) in [6.07, 6.45) is 1.48. The largest absolute Gasteiger partial charge is 0.436 e. The molecule has 36 heavy (non-hydrogen) atoms. The van der Waals surface area contributed by atoms with Gasteiger partial charge in [-0.1, -0.05) is 43.3 Å². The fraction of sp³-hybridized carbons (Fsp3) is 0.276. The van der Waals surface area contributed by atoms with Crippen molar-refractivity contribution in [2.24, 2.45) is 11.8 Å². The second-order valence-electron chi connectivity index (χ2n) is 9.30. The van der Waals surface area contributed by atoms with Crippen molar-refractivity contribution in [3.05, 3.63) is 89.7 Å². The number of likely N-dealkylation sites (tertiary alicyclic amines) is 1. The Labute approximate surface area is 209 Å². The molecule has 184 valence electrons. The smallest absolute Gasteiger partial charge is 0.253 e. The maximum atomic E-state index is 13.8. The van der Waals surface area contributed by atoms with Gasteiger partial charge in [-0.25, -0.2) is 9.37 Å². The first-order chi connectivity index (χ1) is 17.5. The lowest BCUT2D eigenvalue weighted by Gasteiger charge is -2.34. The monoisotopic (exact) mass is 485 g/mol. The van der Waals surface area contributed by atoms with Crippen molar-refractivity contribution >= 4 is 22.9 Å². The van der Waals surface area contributed by atoms with Crippen LogP contribution in [0.15, 0.2) is 77.2 Å². The quantitative estimate of drug-likeness (QED) is 0.395. The van der Waals surface area contributed by atoms with Crippen LogP contribution < -0.4 is 5.32 Å². The molecule has 1 fully saturated rings. The summed E-state index contributed by atoms with van der Waals surface area (Å²) >= 11 is 0. The van der Waals surface area contributed by atoms with E-state index in [-0.39, 0.29) is 36.0 Å². The SMILES string of the molecule is C[C@H](C(=O)NCc1ccccc1F)C1CCN(C(=O)c2ccc3nc(-c4ccccc4)oc3c2)CC1. The third-order valence-electron chi connectivity index (χ3n) is 7.01. The highest BCUT2D eigenvalue weighted by atomic mass is 19.1. The molecule has 0 saturated carbocycles. The summed E-state index contributed by atoms with van der Waals surface area (Å²) in [6, 6.07) is 21.4. The third-order valence-corrected chi connectivity index (χ3v) is 7.01. The number of oxazole rings is 1. The van der Waals surface area contributed by atoms with Gasteiger partial charge >= 0.3 is 0 Å². The van der Waals surface area contributed by atoms with Crippen LogP contribution in [-0.4, -0.2) is 34.8 Å². The normalized spacial score (nSPS) is 15.1. The highest BCUT2D eigenvalue weighted by molar-refractivity contribution is 5.97. The molecule has 6 nitrogen and oxygen atoms in total. The number of halogens is 1. The van der Waals surface area contributed by atoms with Gasteiger partial charge in [0.2, 0.25) is 11.8 Å². The third kappa shape index (κ3) is 5.00. The number of fused-ring (bicyclic) bond motifs is 1. The van der Waals surface area contributed by atoms with E-state index in [1.165, 1.54) is 6.07 Å². The predicted molar refractivity (Wildman–Crippen MR) is 135 cm³/mol. The highest BCUT2D eigenvalue weighted by Crippen LogP contribution is 2.28. The van der Waals surface area contributed by atoms with Crippen molar-refractivity contribution < 1.29 is 18.4 Å². The minimum atomic E-state index is -0.322. The molecular weight excluding hydrogens is 457 g/mol. The standard InChI is InChI=1S/C29H28FN3O3/c1-19(27(34)31-18-23-9-5-6-10-24(23)30)20-13-15-33(16-14-20)29(35)22-11-12-25-26(17-22)36-28(32-25)21-7-3-2-4-8-21/h2-12,17,19-20H,13-16,18H2,1H3,(H,31,34)/t19-/m0/s1. The fourth-order valence-corrected chi connectivity index (χ4v) is 4.75. The van der Waals surface area contributed by atoms with Crippen molar-refractivity contribution in [1.29, 1.82) is 0 Å². The highest BCUT2D eigenvalue weighted by Gasteiger charge is 2.30. The Bertz CT molecular complexity index is 1380. The Kier molecular flexibility index (Phi) is 6.80. The molecule has 2 amide bonds. The Morgan fingerprint density at radius 3 is 2.53 bits per heavy atom. The van der Waals surface area contributed by atoms with Gasteiger partial charge in [0, 0.05) is 42.2 Å². The summed E-state index contributed by atoms with van der Waals surface area (Å²) in [5, 5.41) is 2.85. The lowest BCUT2D eigenvalue weighted by Crippen LogP contribution is -2.42. The van der Waals surface area contributed by atoms with Crippen LogP contribution in [-0.2, 0) is 11.3 Å². The van der Waals surface area contributed by atoms with E-state index in [1.54, 1.807) is 30.3 Å². The van der Waals surface area contributed by atoms with Crippen LogP contribution in [0.25, 0.3) is 22.6 Å². The van der Waals surface area contributed by atoms with Crippen LogP contribution in [0.4, 0.5) is 4.39 Å². The van der Waals surface area contributed by atoms with E-state index in [0.29, 0.717) is 41.2 Å². The lowest BCUT2D eigenvalue weighted by molar-refractivity contribution is -0.126. The number of aromatic nitrogens is 1. The zero-order chi connectivity index (χ0) is 25.1. The second-order valence-corrected chi connectivity index (χ2v) is 9.30. The molecule has 0 spiro atoms. The molecule has 0 unspecified atom stereocenters. The Balaban J connectivity index is 1.18. The van der Waals surface area contributed by atoms with Crippen molar-refractivity contribution in [3.8, 4) is 11.5 Å². The van der Waals surface area contributed by atoms with Crippen molar-refractivity contribution in [3.63, 3.8) is 0 Å². The van der Waals surface area contributed by atoms with Gasteiger partial charge in [0.25, 0.3) is 5.91 Å². The van der Waals surface area contributed by atoms with Gasteiger partial charge in [-0.2, -0.15) is 0 Å². The second kappa shape index (κ2) is 10.3. The molecule has 1 N–H and O–H groups in total. The van der Waals surface area contributed by atoms with Crippen molar-refractivity contribution in [2.45, 2.75) is 26.3 Å². The first kappa shape index (κ1) is 23.7. The molecule has 0 bridgehead atoms. The number of benzene rings is 3. The average molecular weight is 486 g/mol. The molecule has 1 atom stereocenters. The van der Waals surface area contributed by atoms with Crippen LogP contribution >= 0.6 is 0 Å². The van der Waals surface area contributed by atoms with Crippen LogP contribution in [0.2, 0.25) is 0 Å². The molecule has 0 radical (unpaired) electrons. The molecule has 2 heterocycles. The molecule has 1 saturated heterocycles. The summed E-state index contributed by atoms with van der Waals surface area (Å²) in [5.74, 6) is 0.0175. The zero-order valence-electron chi connectivity index (χ0n) is 20.1. The Hall–Kier alpha value is -4.00. The molecule has 7 heteroatoms. The summed E-state index contributed by atoms with van der Waals surface area (Å²) in [7, 11) is 0. The molecular formula is C29H28FN3O3. The van der Waals surface area contributed by atoms with E-state index >= 15 is 0 Å². The van der Waals surface area contributed by atoms with Crippen molar-refractivity contribution in [2.75, 3.05) is 13.1 Å². The van der Waals surface area contributed by atoms with Gasteiger partial charge in [-0.15, -0.1) is 0 Å². The molecule has 1 aliphatic heterocycles. The first-order valence-corrected chi connectivity index (χ1v) is 12.3. The Morgan fingerprint density at radius 1 is 1.06 bits per heavy atom. The first-order valence-electron chi connectivity index (χ1n) is 12.3. The predicted octanol–water partition coefficient (Wildman–Crippen LogP) is 5.44. The summed E-state index contributed by atoms with van der Waals surface area (Å²) in [4.78, 5) is 32.2. The van der Waals surface area contributed by atoms with Crippen LogP contribution in [0.5, 0.6) is 0 Å². The lowest BCUT2D eigenvalue weighted by atomic mass is 9.84. The molecule has 3 aromatic carbocycles. The van der Waals surface area contributed by atoms with E-state index in [4.69, 9.17) is 4.42 Å². The van der Waals surface area contributed by atoms with Gasteiger partial charge in [-0.3, -0.25) is 9.59 Å². The number of amides is 2. The van der Waals surface area contributed by atoms with E-state index in [9.17, 15) is 14.0 Å². The van der Waals surface area contributed by atoms with Gasteiger partial charge < -0.3 is 14.6 Å². The number of carbonyl (C=O) groups is 2. The molecule has 0 aliphatic carbocycles. The minimum absolute atomic E-state index is 0.0512. The number of piperidine rings is 1. The fourth-order valence-electron chi connectivity index (χ4n) is 4.75. The number of carbonyl (C=O) groups excluding carboxylic acids is 2. The summed E-state index contributed by atoms with van der Waals surface area (Å²) in [6.45, 7) is 3.24. The van der Waals surface area contributed by atoms with E-state index < -0.39 is 0 Å². The van der Waals surface area contributed by atoms with Crippen LogP contribution in [0, 0.1) is 17.7 Å². The maximum absolute atomic E-state index is 13.8.